The number of nitrogens with zero attached hydrogens (tertiary/aromatic N) is 3. The Hall–Kier alpha value is -1.77. The van der Waals surface area contributed by atoms with Gasteiger partial charge in [0.25, 0.3) is 0 Å². The molecule has 0 fully saturated rings. The second kappa shape index (κ2) is 8.75. The number of anilines is 3. The molecule has 142 valence electrons. The summed E-state index contributed by atoms with van der Waals surface area (Å²) in [5.74, 6) is -0.127. The molecule has 0 radical (unpaired) electrons. The van der Waals surface area contributed by atoms with Crippen molar-refractivity contribution in [3.05, 3.63) is 40.0 Å². The van der Waals surface area contributed by atoms with Crippen molar-refractivity contribution in [1.29, 1.82) is 0 Å². The van der Waals surface area contributed by atoms with Gasteiger partial charge in [-0.25, -0.2) is 4.98 Å². The Morgan fingerprint density at radius 3 is 2.46 bits per heavy atom. The van der Waals surface area contributed by atoms with Crippen LogP contribution in [0.1, 0.15) is 12.1 Å². The van der Waals surface area contributed by atoms with E-state index in [2.05, 4.69) is 20.6 Å². The van der Waals surface area contributed by atoms with Crippen LogP contribution in [0.3, 0.4) is 0 Å². The smallest absolute Gasteiger partial charge is 0.354 e. The van der Waals surface area contributed by atoms with E-state index >= 15 is 0 Å². The lowest BCUT2D eigenvalue weighted by Crippen LogP contribution is -2.18. The van der Waals surface area contributed by atoms with Crippen LogP contribution in [0.15, 0.2) is 24.3 Å². The van der Waals surface area contributed by atoms with E-state index in [9.17, 15) is 13.2 Å². The third-order valence-electron chi connectivity index (χ3n) is 3.28. The van der Waals surface area contributed by atoms with E-state index in [-0.39, 0.29) is 16.8 Å². The first-order valence-corrected chi connectivity index (χ1v) is 8.47. The molecular formula is C16H18Cl2F3N5. The number of alkyl halides is 3. The maximum Gasteiger partial charge on any atom is 0.433 e. The fourth-order valence-corrected chi connectivity index (χ4v) is 2.52. The Bertz CT molecular complexity index is 753. The van der Waals surface area contributed by atoms with Crippen molar-refractivity contribution < 1.29 is 13.2 Å². The summed E-state index contributed by atoms with van der Waals surface area (Å²) in [7, 11) is 3.83. The molecule has 0 atom stereocenters. The SMILES string of the molecule is CN(C)CCCNc1nc(Nc2ccc(Cl)cc2Cl)cc(C(F)(F)F)n1. The van der Waals surface area contributed by atoms with Gasteiger partial charge in [-0.1, -0.05) is 23.2 Å². The molecule has 0 spiro atoms. The van der Waals surface area contributed by atoms with Crippen LogP contribution in [0.4, 0.5) is 30.6 Å². The molecule has 0 aliphatic heterocycles. The number of benzene rings is 1. The predicted molar refractivity (Wildman–Crippen MR) is 98.4 cm³/mol. The molecule has 2 rings (SSSR count). The zero-order valence-electron chi connectivity index (χ0n) is 14.2. The van der Waals surface area contributed by atoms with Crippen LogP contribution in [0.2, 0.25) is 10.0 Å². The maximum atomic E-state index is 13.1. The zero-order valence-corrected chi connectivity index (χ0v) is 15.7. The molecule has 10 heteroatoms. The van der Waals surface area contributed by atoms with Crippen molar-refractivity contribution in [3.8, 4) is 0 Å². The molecule has 0 aliphatic rings. The molecule has 5 nitrogen and oxygen atoms in total. The first-order chi connectivity index (χ1) is 12.1. The first kappa shape index (κ1) is 20.5. The number of rotatable bonds is 7. The summed E-state index contributed by atoms with van der Waals surface area (Å²) in [5.41, 5.74) is -0.656. The van der Waals surface area contributed by atoms with Gasteiger partial charge in [-0.3, -0.25) is 0 Å². The lowest BCUT2D eigenvalue weighted by molar-refractivity contribution is -0.141. The number of halogens is 5. The molecule has 0 amide bonds. The minimum Gasteiger partial charge on any atom is -0.354 e. The molecule has 2 N–H and O–H groups in total. The van der Waals surface area contributed by atoms with Crippen molar-refractivity contribution in [1.82, 2.24) is 14.9 Å². The number of aromatic nitrogens is 2. The van der Waals surface area contributed by atoms with Crippen LogP contribution in [0.5, 0.6) is 0 Å². The molecule has 0 bridgehead atoms. The summed E-state index contributed by atoms with van der Waals surface area (Å²) in [6, 6.07) is 5.44. The van der Waals surface area contributed by atoms with Crippen LogP contribution < -0.4 is 10.6 Å². The summed E-state index contributed by atoms with van der Waals surface area (Å²) in [6.45, 7) is 1.23. The van der Waals surface area contributed by atoms with E-state index in [0.717, 1.165) is 19.0 Å². The van der Waals surface area contributed by atoms with Gasteiger partial charge in [0.1, 0.15) is 5.82 Å². The maximum absolute atomic E-state index is 13.1. The molecule has 0 unspecified atom stereocenters. The number of nitrogens with one attached hydrogen (secondary N) is 2. The molecule has 2 aromatic rings. The molecular weight excluding hydrogens is 390 g/mol. The lowest BCUT2D eigenvalue weighted by Gasteiger charge is -2.14. The Kier molecular flexibility index (Phi) is 6.91. The highest BCUT2D eigenvalue weighted by molar-refractivity contribution is 6.36. The van der Waals surface area contributed by atoms with E-state index in [4.69, 9.17) is 23.2 Å². The second-order valence-electron chi connectivity index (χ2n) is 5.79. The molecule has 0 saturated carbocycles. The summed E-state index contributed by atoms with van der Waals surface area (Å²) in [6.07, 6.45) is -3.86. The van der Waals surface area contributed by atoms with Crippen LogP contribution >= 0.6 is 23.2 Å². The normalized spacial score (nSPS) is 11.7. The van der Waals surface area contributed by atoms with Gasteiger partial charge in [-0.05, 0) is 45.3 Å². The minimum atomic E-state index is -4.59. The van der Waals surface area contributed by atoms with Gasteiger partial charge in [0.05, 0.1) is 10.7 Å². The minimum absolute atomic E-state index is 0.0216. The van der Waals surface area contributed by atoms with Crippen LogP contribution in [-0.2, 0) is 6.18 Å². The predicted octanol–water partition coefficient (Wildman–Crippen LogP) is 4.91. The summed E-state index contributed by atoms with van der Waals surface area (Å²) in [5, 5.41) is 6.28. The number of hydrogen-bond donors (Lipinski definition) is 2. The van der Waals surface area contributed by atoms with Gasteiger partial charge in [-0.2, -0.15) is 18.2 Å². The Labute approximate surface area is 159 Å². The van der Waals surface area contributed by atoms with Gasteiger partial charge in [-0.15, -0.1) is 0 Å². The molecule has 0 saturated heterocycles. The fourth-order valence-electron chi connectivity index (χ4n) is 2.06. The van der Waals surface area contributed by atoms with Crippen molar-refractivity contribution in [2.45, 2.75) is 12.6 Å². The summed E-state index contributed by atoms with van der Waals surface area (Å²) >= 11 is 11.9. The molecule has 1 aromatic heterocycles. The molecule has 1 aromatic carbocycles. The van der Waals surface area contributed by atoms with E-state index in [1.807, 2.05) is 19.0 Å². The van der Waals surface area contributed by atoms with E-state index in [1.54, 1.807) is 12.1 Å². The highest BCUT2D eigenvalue weighted by atomic mass is 35.5. The molecule has 1 heterocycles. The topological polar surface area (TPSA) is 53.1 Å². The average molecular weight is 408 g/mol. The van der Waals surface area contributed by atoms with Gasteiger partial charge in [0.15, 0.2) is 5.69 Å². The van der Waals surface area contributed by atoms with Gasteiger partial charge in [0, 0.05) is 17.6 Å². The standard InChI is InChI=1S/C16H18Cl2F3N5/c1-26(2)7-3-6-22-15-24-13(16(19,20)21)9-14(25-15)23-12-5-4-10(17)8-11(12)18/h4-5,8-9H,3,6-7H2,1-2H3,(H2,22,23,24,25). The Morgan fingerprint density at radius 2 is 1.85 bits per heavy atom. The van der Waals surface area contributed by atoms with Gasteiger partial charge >= 0.3 is 6.18 Å². The second-order valence-corrected chi connectivity index (χ2v) is 6.64. The molecule has 0 aliphatic carbocycles. The lowest BCUT2D eigenvalue weighted by atomic mass is 10.3. The van der Waals surface area contributed by atoms with Gasteiger partial charge in [0.2, 0.25) is 5.95 Å². The zero-order chi connectivity index (χ0) is 19.3. The average Bonchev–Trinajstić information content (AvgIpc) is 2.53. The van der Waals surface area contributed by atoms with E-state index in [1.165, 1.54) is 6.07 Å². The van der Waals surface area contributed by atoms with Crippen LogP contribution in [-0.4, -0.2) is 42.1 Å². The van der Waals surface area contributed by atoms with E-state index < -0.39 is 11.9 Å². The monoisotopic (exact) mass is 407 g/mol. The quantitative estimate of drug-likeness (QED) is 0.638. The van der Waals surface area contributed by atoms with Crippen LogP contribution in [0.25, 0.3) is 0 Å². The Balaban J connectivity index is 2.22. The third kappa shape index (κ3) is 6.19. The van der Waals surface area contributed by atoms with Crippen molar-refractivity contribution >= 4 is 40.7 Å². The Morgan fingerprint density at radius 1 is 1.12 bits per heavy atom. The number of hydrogen-bond acceptors (Lipinski definition) is 5. The largest absolute Gasteiger partial charge is 0.433 e. The molecule has 26 heavy (non-hydrogen) atoms. The van der Waals surface area contributed by atoms with Gasteiger partial charge < -0.3 is 15.5 Å². The van der Waals surface area contributed by atoms with Crippen LogP contribution in [0, 0.1) is 0 Å². The summed E-state index contributed by atoms with van der Waals surface area (Å²) in [4.78, 5) is 9.60. The highest BCUT2D eigenvalue weighted by Gasteiger charge is 2.33. The van der Waals surface area contributed by atoms with Crippen molar-refractivity contribution in [2.75, 3.05) is 37.8 Å². The van der Waals surface area contributed by atoms with Crippen molar-refractivity contribution in [2.24, 2.45) is 0 Å². The highest BCUT2D eigenvalue weighted by Crippen LogP contribution is 2.32. The first-order valence-electron chi connectivity index (χ1n) is 7.72. The third-order valence-corrected chi connectivity index (χ3v) is 3.82. The fraction of sp³-hybridized carbons (Fsp3) is 0.375. The summed E-state index contributed by atoms with van der Waals surface area (Å²) < 4.78 is 39.4. The van der Waals surface area contributed by atoms with Crippen molar-refractivity contribution in [3.63, 3.8) is 0 Å². The van der Waals surface area contributed by atoms with E-state index in [0.29, 0.717) is 17.3 Å².